The average Bonchev–Trinajstić information content (AvgIpc) is 2.40. The molecule has 0 aliphatic carbocycles. The highest BCUT2D eigenvalue weighted by Gasteiger charge is 2.24. The fraction of sp³-hybridized carbons (Fsp3) is 0.417. The molecular formula is C12H15FN2O6. The Morgan fingerprint density at radius 1 is 1.57 bits per heavy atom. The number of nitro benzene ring substituents is 1. The minimum Gasteiger partial charge on any atom is -0.477 e. The van der Waals surface area contributed by atoms with E-state index < -0.39 is 34.0 Å². The molecule has 0 amide bonds. The van der Waals surface area contributed by atoms with Crippen molar-refractivity contribution < 1.29 is 29.1 Å². The zero-order valence-electron chi connectivity index (χ0n) is 11.2. The maximum atomic E-state index is 13.8. The van der Waals surface area contributed by atoms with E-state index in [0.29, 0.717) is 6.07 Å². The molecule has 0 heterocycles. The molecule has 9 heteroatoms. The van der Waals surface area contributed by atoms with E-state index in [-0.39, 0.29) is 25.3 Å². The molecule has 1 unspecified atom stereocenters. The van der Waals surface area contributed by atoms with Gasteiger partial charge in [-0.1, -0.05) is 0 Å². The topological polar surface area (TPSA) is 122 Å². The van der Waals surface area contributed by atoms with Crippen LogP contribution in [0.15, 0.2) is 12.1 Å². The number of rotatable bonds is 8. The van der Waals surface area contributed by atoms with E-state index in [0.717, 1.165) is 6.07 Å². The molecule has 1 aromatic carbocycles. The predicted molar refractivity (Wildman–Crippen MR) is 71.0 cm³/mol. The Balaban J connectivity index is 3.15. The average molecular weight is 302 g/mol. The van der Waals surface area contributed by atoms with Gasteiger partial charge in [0.1, 0.15) is 5.56 Å². The van der Waals surface area contributed by atoms with E-state index in [9.17, 15) is 19.3 Å². The number of halogens is 1. The molecule has 0 spiro atoms. The lowest BCUT2D eigenvalue weighted by Gasteiger charge is -2.18. The van der Waals surface area contributed by atoms with E-state index in [1.807, 2.05) is 0 Å². The third kappa shape index (κ3) is 4.36. The molecule has 0 fully saturated rings. The second-order valence-electron chi connectivity index (χ2n) is 4.22. The number of aliphatic hydroxyl groups is 1. The van der Waals surface area contributed by atoms with Crippen molar-refractivity contribution in [3.05, 3.63) is 33.6 Å². The third-order valence-electron chi connectivity index (χ3n) is 2.72. The molecular weight excluding hydrogens is 287 g/mol. The Morgan fingerprint density at radius 2 is 2.24 bits per heavy atom. The summed E-state index contributed by atoms with van der Waals surface area (Å²) in [7, 11) is 1.42. The molecule has 0 bridgehead atoms. The Hall–Kier alpha value is -2.26. The zero-order valence-corrected chi connectivity index (χ0v) is 11.2. The van der Waals surface area contributed by atoms with Gasteiger partial charge in [0, 0.05) is 13.7 Å². The van der Waals surface area contributed by atoms with Gasteiger partial charge in [-0.3, -0.25) is 10.1 Å². The molecule has 3 N–H and O–H groups in total. The van der Waals surface area contributed by atoms with Crippen LogP contribution in [0.25, 0.3) is 0 Å². The number of carboxylic acid groups (broad SMARTS) is 1. The van der Waals surface area contributed by atoms with Crippen LogP contribution >= 0.6 is 0 Å². The van der Waals surface area contributed by atoms with E-state index in [1.54, 1.807) is 0 Å². The first kappa shape index (κ1) is 16.8. The molecule has 21 heavy (non-hydrogen) atoms. The number of nitrogens with zero attached hydrogens (tertiary/aromatic N) is 1. The SMILES string of the molecule is COCC(CCO)Nc1cc(C(=O)O)c([N+](=O)[O-])cc1F. The van der Waals surface area contributed by atoms with Crippen LogP contribution in [0.3, 0.4) is 0 Å². The van der Waals surface area contributed by atoms with E-state index in [4.69, 9.17) is 14.9 Å². The number of methoxy groups -OCH3 is 1. The normalized spacial score (nSPS) is 12.0. The number of hydrogen-bond donors (Lipinski definition) is 3. The summed E-state index contributed by atoms with van der Waals surface area (Å²) < 4.78 is 18.7. The van der Waals surface area contributed by atoms with Gasteiger partial charge in [-0.15, -0.1) is 0 Å². The first-order valence-corrected chi connectivity index (χ1v) is 5.98. The Morgan fingerprint density at radius 3 is 2.71 bits per heavy atom. The van der Waals surface area contributed by atoms with Crippen LogP contribution in [0.1, 0.15) is 16.8 Å². The number of aliphatic hydroxyl groups excluding tert-OH is 1. The van der Waals surface area contributed by atoms with Gasteiger partial charge in [-0.25, -0.2) is 9.18 Å². The minimum absolute atomic E-state index is 0.152. The van der Waals surface area contributed by atoms with Crippen LogP contribution in [0, 0.1) is 15.9 Å². The van der Waals surface area contributed by atoms with Crippen molar-refractivity contribution in [2.24, 2.45) is 0 Å². The third-order valence-corrected chi connectivity index (χ3v) is 2.72. The Labute approximate surface area is 119 Å². The van der Waals surface area contributed by atoms with Crippen LogP contribution in [-0.2, 0) is 4.74 Å². The first-order chi connectivity index (χ1) is 9.90. The van der Waals surface area contributed by atoms with E-state index in [1.165, 1.54) is 7.11 Å². The van der Waals surface area contributed by atoms with Gasteiger partial charge in [0.15, 0.2) is 5.82 Å². The van der Waals surface area contributed by atoms with Gasteiger partial charge in [-0.05, 0) is 12.5 Å². The summed E-state index contributed by atoms with van der Waals surface area (Å²) in [5.74, 6) is -2.49. The molecule has 116 valence electrons. The van der Waals surface area contributed by atoms with Crippen LogP contribution in [0.2, 0.25) is 0 Å². The summed E-state index contributed by atoms with van der Waals surface area (Å²) in [6.45, 7) is -0.0270. The molecule has 8 nitrogen and oxygen atoms in total. The summed E-state index contributed by atoms with van der Waals surface area (Å²) >= 11 is 0. The highest BCUT2D eigenvalue weighted by molar-refractivity contribution is 5.93. The second kappa shape index (κ2) is 7.50. The van der Waals surface area contributed by atoms with Crippen molar-refractivity contribution in [2.75, 3.05) is 25.6 Å². The number of aromatic carboxylic acids is 1. The number of ether oxygens (including phenoxy) is 1. The van der Waals surface area contributed by atoms with E-state index in [2.05, 4.69) is 5.32 Å². The quantitative estimate of drug-likeness (QED) is 0.487. The lowest BCUT2D eigenvalue weighted by molar-refractivity contribution is -0.385. The number of anilines is 1. The summed E-state index contributed by atoms with van der Waals surface area (Å²) in [5.41, 5.74) is -1.64. The van der Waals surface area contributed by atoms with Crippen molar-refractivity contribution in [2.45, 2.75) is 12.5 Å². The van der Waals surface area contributed by atoms with Crippen molar-refractivity contribution in [1.29, 1.82) is 0 Å². The zero-order chi connectivity index (χ0) is 16.0. The fourth-order valence-corrected chi connectivity index (χ4v) is 1.77. The first-order valence-electron chi connectivity index (χ1n) is 5.98. The van der Waals surface area contributed by atoms with Crippen molar-refractivity contribution in [1.82, 2.24) is 0 Å². The van der Waals surface area contributed by atoms with Crippen LogP contribution in [0.4, 0.5) is 15.8 Å². The van der Waals surface area contributed by atoms with Crippen molar-refractivity contribution in [3.63, 3.8) is 0 Å². The Kier molecular flexibility index (Phi) is 6.00. The molecule has 1 rings (SSSR count). The smallest absolute Gasteiger partial charge is 0.342 e. The maximum Gasteiger partial charge on any atom is 0.342 e. The van der Waals surface area contributed by atoms with Crippen molar-refractivity contribution in [3.8, 4) is 0 Å². The number of hydrogen-bond acceptors (Lipinski definition) is 6. The number of nitro groups is 1. The fourth-order valence-electron chi connectivity index (χ4n) is 1.77. The van der Waals surface area contributed by atoms with Crippen LogP contribution < -0.4 is 5.32 Å². The number of carbonyl (C=O) groups is 1. The molecule has 0 saturated heterocycles. The highest BCUT2D eigenvalue weighted by atomic mass is 19.1. The lowest BCUT2D eigenvalue weighted by atomic mass is 10.1. The minimum atomic E-state index is -1.53. The summed E-state index contributed by atoms with van der Waals surface area (Å²) in [6.07, 6.45) is 0.243. The summed E-state index contributed by atoms with van der Waals surface area (Å²) in [6, 6.07) is 0.947. The van der Waals surface area contributed by atoms with Crippen LogP contribution in [0.5, 0.6) is 0 Å². The van der Waals surface area contributed by atoms with Crippen LogP contribution in [-0.4, -0.2) is 47.5 Å². The molecule has 0 aromatic heterocycles. The monoisotopic (exact) mass is 302 g/mol. The number of nitrogens with one attached hydrogen (secondary N) is 1. The molecule has 0 aliphatic rings. The van der Waals surface area contributed by atoms with Gasteiger partial charge in [0.2, 0.25) is 0 Å². The molecule has 1 atom stereocenters. The highest BCUT2D eigenvalue weighted by Crippen LogP contribution is 2.27. The number of benzene rings is 1. The van der Waals surface area contributed by atoms with E-state index >= 15 is 0 Å². The molecule has 0 saturated carbocycles. The summed E-state index contributed by atoms with van der Waals surface area (Å²) in [4.78, 5) is 20.8. The largest absolute Gasteiger partial charge is 0.477 e. The van der Waals surface area contributed by atoms with Gasteiger partial charge in [-0.2, -0.15) is 0 Å². The molecule has 0 radical (unpaired) electrons. The lowest BCUT2D eigenvalue weighted by Crippen LogP contribution is -2.26. The number of carboxylic acids is 1. The predicted octanol–water partition coefficient (Wildman–Crippen LogP) is 1.24. The Bertz CT molecular complexity index is 531. The van der Waals surface area contributed by atoms with Gasteiger partial charge < -0.3 is 20.3 Å². The molecule has 0 aliphatic heterocycles. The second-order valence-corrected chi connectivity index (χ2v) is 4.22. The van der Waals surface area contributed by atoms with Crippen molar-refractivity contribution >= 4 is 17.3 Å². The summed E-state index contributed by atoms with van der Waals surface area (Å²) in [5, 5.41) is 31.2. The van der Waals surface area contributed by atoms with Gasteiger partial charge in [0.25, 0.3) is 5.69 Å². The standard InChI is InChI=1S/C12H15FN2O6/c1-21-6-7(2-3-16)14-10-4-8(12(17)18)11(15(19)20)5-9(10)13/h4-5,7,14,16H,2-3,6H2,1H3,(H,17,18). The molecule has 1 aromatic rings. The maximum absolute atomic E-state index is 13.8. The van der Waals surface area contributed by atoms with Gasteiger partial charge >= 0.3 is 5.97 Å². The van der Waals surface area contributed by atoms with Gasteiger partial charge in [0.05, 0.1) is 29.3 Å².